The van der Waals surface area contributed by atoms with Crippen LogP contribution < -0.4 is 9.62 Å². The summed E-state index contributed by atoms with van der Waals surface area (Å²) in [7, 11) is -3.67. The highest BCUT2D eigenvalue weighted by Gasteiger charge is 2.36. The monoisotopic (exact) mass is 449 g/mol. The van der Waals surface area contributed by atoms with Gasteiger partial charge in [0.15, 0.2) is 0 Å². The molecule has 4 aromatic rings. The Morgan fingerprint density at radius 2 is 1.90 bits per heavy atom. The molecule has 0 unspecified atom stereocenters. The molecule has 2 heterocycles. The van der Waals surface area contributed by atoms with Gasteiger partial charge < -0.3 is 5.32 Å². The number of sulfonamides is 1. The average Bonchev–Trinajstić information content (AvgIpc) is 3.36. The number of rotatable bonds is 4. The fraction of sp³-hybridized carbons (Fsp3) is 0.130. The highest BCUT2D eigenvalue weighted by Crippen LogP contribution is 2.37. The van der Waals surface area contributed by atoms with Crippen LogP contribution in [-0.2, 0) is 16.4 Å². The van der Waals surface area contributed by atoms with Gasteiger partial charge in [0, 0.05) is 28.9 Å². The molecule has 1 N–H and O–H groups in total. The number of carbonyl (C=O) groups excluding carboxylic acids is 1. The third kappa shape index (κ3) is 3.47. The Balaban J connectivity index is 1.43. The van der Waals surface area contributed by atoms with Crippen LogP contribution in [0.4, 0.5) is 11.4 Å². The molecule has 156 valence electrons. The number of hydrogen-bond donors (Lipinski definition) is 1. The first-order chi connectivity index (χ1) is 14.9. The van der Waals surface area contributed by atoms with Gasteiger partial charge in [-0.2, -0.15) is 4.37 Å². The molecule has 0 aliphatic carbocycles. The van der Waals surface area contributed by atoms with E-state index < -0.39 is 10.0 Å². The van der Waals surface area contributed by atoms with Crippen molar-refractivity contribution >= 4 is 48.9 Å². The van der Waals surface area contributed by atoms with E-state index in [9.17, 15) is 13.2 Å². The standard InChI is InChI=1S/C23H19N3O3S2/c1-15-11-17-12-16(23(27)25-19-8-10-22-18(13-19)14-24-30-22)7-9-21(17)26(15)31(28,29)20-5-3-2-4-6-20/h2-10,12-15H,11H2,1H3,(H,25,27)/t15-/m0/s1. The summed E-state index contributed by atoms with van der Waals surface area (Å²) in [5.41, 5.74) is 2.66. The molecule has 0 radical (unpaired) electrons. The molecule has 0 bridgehead atoms. The van der Waals surface area contributed by atoms with Crippen LogP contribution in [0.3, 0.4) is 0 Å². The number of nitrogens with one attached hydrogen (secondary N) is 1. The summed E-state index contributed by atoms with van der Waals surface area (Å²) >= 11 is 1.41. The molecule has 0 saturated heterocycles. The maximum atomic E-state index is 13.2. The lowest BCUT2D eigenvalue weighted by Crippen LogP contribution is -2.35. The Kier molecular flexibility index (Phi) is 4.75. The quantitative estimate of drug-likeness (QED) is 0.490. The average molecular weight is 450 g/mol. The molecule has 1 atom stereocenters. The number of aromatic nitrogens is 1. The van der Waals surface area contributed by atoms with E-state index in [0.29, 0.717) is 23.4 Å². The van der Waals surface area contributed by atoms with Gasteiger partial charge in [-0.3, -0.25) is 9.10 Å². The van der Waals surface area contributed by atoms with E-state index >= 15 is 0 Å². The summed E-state index contributed by atoms with van der Waals surface area (Å²) in [5.74, 6) is -0.234. The minimum absolute atomic E-state index is 0.230. The normalized spacial score (nSPS) is 15.8. The third-order valence-electron chi connectivity index (χ3n) is 5.41. The molecule has 1 amide bonds. The molecule has 0 saturated carbocycles. The highest BCUT2D eigenvalue weighted by molar-refractivity contribution is 7.92. The number of hydrogen-bond acceptors (Lipinski definition) is 5. The predicted octanol–water partition coefficient (Wildman–Crippen LogP) is 4.69. The number of anilines is 2. The van der Waals surface area contributed by atoms with Crippen LogP contribution in [-0.4, -0.2) is 24.7 Å². The summed E-state index contributed by atoms with van der Waals surface area (Å²) in [6.45, 7) is 1.88. The number of benzene rings is 3. The molecule has 31 heavy (non-hydrogen) atoms. The van der Waals surface area contributed by atoms with Crippen LogP contribution >= 0.6 is 11.5 Å². The molecule has 1 aliphatic rings. The Bertz CT molecular complexity index is 1400. The van der Waals surface area contributed by atoms with Crippen LogP contribution in [0, 0.1) is 0 Å². The smallest absolute Gasteiger partial charge is 0.264 e. The Labute approximate surface area is 184 Å². The van der Waals surface area contributed by atoms with Crippen molar-refractivity contribution in [1.82, 2.24) is 4.37 Å². The van der Waals surface area contributed by atoms with E-state index in [1.807, 2.05) is 25.1 Å². The summed E-state index contributed by atoms with van der Waals surface area (Å²) in [6, 6.07) is 19.0. The van der Waals surface area contributed by atoms with Crippen LogP contribution in [0.5, 0.6) is 0 Å². The van der Waals surface area contributed by atoms with Crippen molar-refractivity contribution in [2.75, 3.05) is 9.62 Å². The lowest BCUT2D eigenvalue weighted by atomic mass is 10.1. The van der Waals surface area contributed by atoms with Crippen molar-refractivity contribution in [1.29, 1.82) is 0 Å². The maximum Gasteiger partial charge on any atom is 0.264 e. The first-order valence-corrected chi connectivity index (χ1v) is 12.0. The van der Waals surface area contributed by atoms with Crippen molar-refractivity contribution in [3.05, 3.63) is 84.1 Å². The van der Waals surface area contributed by atoms with Crippen LogP contribution in [0.1, 0.15) is 22.8 Å². The molecule has 0 spiro atoms. The molecule has 0 fully saturated rings. The molecule has 8 heteroatoms. The van der Waals surface area contributed by atoms with Gasteiger partial charge in [-0.15, -0.1) is 0 Å². The molecular formula is C23H19N3O3S2. The Morgan fingerprint density at radius 3 is 2.71 bits per heavy atom. The minimum atomic E-state index is -3.67. The Morgan fingerprint density at radius 1 is 1.10 bits per heavy atom. The fourth-order valence-corrected chi connectivity index (χ4v) is 6.31. The zero-order valence-corrected chi connectivity index (χ0v) is 18.3. The Hall–Kier alpha value is -3.23. The zero-order valence-electron chi connectivity index (χ0n) is 16.6. The van der Waals surface area contributed by atoms with Gasteiger partial charge in [-0.1, -0.05) is 18.2 Å². The van der Waals surface area contributed by atoms with Gasteiger partial charge in [0.1, 0.15) is 0 Å². The first-order valence-electron chi connectivity index (χ1n) is 9.82. The van der Waals surface area contributed by atoms with Gasteiger partial charge in [0.25, 0.3) is 15.9 Å². The van der Waals surface area contributed by atoms with E-state index in [-0.39, 0.29) is 16.8 Å². The zero-order chi connectivity index (χ0) is 21.6. The summed E-state index contributed by atoms with van der Waals surface area (Å²) < 4.78 is 33.1. The second-order valence-electron chi connectivity index (χ2n) is 7.54. The number of carbonyl (C=O) groups is 1. The molecule has 6 nitrogen and oxygen atoms in total. The van der Waals surface area contributed by atoms with Crippen molar-refractivity contribution in [3.8, 4) is 0 Å². The van der Waals surface area contributed by atoms with Gasteiger partial charge in [-0.25, -0.2) is 8.42 Å². The van der Waals surface area contributed by atoms with Crippen LogP contribution in [0.25, 0.3) is 10.1 Å². The minimum Gasteiger partial charge on any atom is -0.322 e. The maximum absolute atomic E-state index is 13.2. The van der Waals surface area contributed by atoms with Gasteiger partial charge in [0.05, 0.1) is 15.3 Å². The van der Waals surface area contributed by atoms with Crippen molar-refractivity contribution < 1.29 is 13.2 Å². The number of fused-ring (bicyclic) bond motifs is 2. The van der Waals surface area contributed by atoms with E-state index in [1.165, 1.54) is 15.8 Å². The molecule has 1 aromatic heterocycles. The summed E-state index contributed by atoms with van der Waals surface area (Å²) in [4.78, 5) is 13.1. The van der Waals surface area contributed by atoms with E-state index in [0.717, 1.165) is 15.6 Å². The van der Waals surface area contributed by atoms with E-state index in [2.05, 4.69) is 9.69 Å². The second-order valence-corrected chi connectivity index (χ2v) is 10.2. The van der Waals surface area contributed by atoms with Crippen molar-refractivity contribution in [2.24, 2.45) is 0 Å². The first kappa shape index (κ1) is 19.7. The van der Waals surface area contributed by atoms with Crippen molar-refractivity contribution in [3.63, 3.8) is 0 Å². The molecule has 3 aromatic carbocycles. The van der Waals surface area contributed by atoms with Gasteiger partial charge in [0.2, 0.25) is 0 Å². The third-order valence-corrected chi connectivity index (χ3v) is 8.13. The lowest BCUT2D eigenvalue weighted by Gasteiger charge is -2.24. The van der Waals surface area contributed by atoms with E-state index in [1.54, 1.807) is 54.7 Å². The van der Waals surface area contributed by atoms with Gasteiger partial charge >= 0.3 is 0 Å². The topological polar surface area (TPSA) is 79.4 Å². The van der Waals surface area contributed by atoms with Crippen LogP contribution in [0.15, 0.2) is 77.8 Å². The molecule has 5 rings (SSSR count). The predicted molar refractivity (Wildman–Crippen MR) is 123 cm³/mol. The number of amides is 1. The number of nitrogens with zero attached hydrogens (tertiary/aromatic N) is 2. The van der Waals surface area contributed by atoms with Crippen molar-refractivity contribution in [2.45, 2.75) is 24.3 Å². The van der Waals surface area contributed by atoms with E-state index in [4.69, 9.17) is 0 Å². The lowest BCUT2D eigenvalue weighted by molar-refractivity contribution is 0.102. The largest absolute Gasteiger partial charge is 0.322 e. The second kappa shape index (κ2) is 7.47. The fourth-order valence-electron chi connectivity index (χ4n) is 3.97. The van der Waals surface area contributed by atoms with Crippen LogP contribution in [0.2, 0.25) is 0 Å². The molecular weight excluding hydrogens is 430 g/mol. The molecule has 1 aliphatic heterocycles. The SMILES string of the molecule is C[C@H]1Cc2cc(C(=O)Nc3ccc4sncc4c3)ccc2N1S(=O)(=O)c1ccccc1. The van der Waals surface area contributed by atoms with Gasteiger partial charge in [-0.05, 0) is 79.0 Å². The highest BCUT2D eigenvalue weighted by atomic mass is 32.2. The summed E-state index contributed by atoms with van der Waals surface area (Å²) in [5, 5.41) is 3.89. The summed E-state index contributed by atoms with van der Waals surface area (Å²) in [6.07, 6.45) is 2.32.